The van der Waals surface area contributed by atoms with Crippen LogP contribution in [0.25, 0.3) is 0 Å². The maximum atomic E-state index is 11.4. The number of likely N-dealkylation sites (tertiary alicyclic amines) is 1. The van der Waals surface area contributed by atoms with Gasteiger partial charge in [0, 0.05) is 33.2 Å². The van der Waals surface area contributed by atoms with Crippen LogP contribution in [0.3, 0.4) is 0 Å². The number of unbranched alkanes of at least 4 members (excludes halogenated alkanes) is 1. The second-order valence-corrected chi connectivity index (χ2v) is 7.00. The lowest BCUT2D eigenvalue weighted by molar-refractivity contribution is -0.123. The van der Waals surface area contributed by atoms with Gasteiger partial charge in [-0.3, -0.25) is 14.7 Å². The van der Waals surface area contributed by atoms with Crippen LogP contribution in [0.1, 0.15) is 43.7 Å². The molecule has 1 unspecified atom stereocenters. The Balaban J connectivity index is 1.86. The molecule has 1 aromatic rings. The Bertz CT molecular complexity index is 602. The number of piperidine rings is 1. The van der Waals surface area contributed by atoms with Crippen molar-refractivity contribution in [1.29, 1.82) is 0 Å². The van der Waals surface area contributed by atoms with Gasteiger partial charge >= 0.3 is 0 Å². The summed E-state index contributed by atoms with van der Waals surface area (Å²) in [4.78, 5) is 18.0. The number of guanidine groups is 1. The highest BCUT2D eigenvalue weighted by molar-refractivity contribution is 5.79. The molecule has 6 heteroatoms. The first kappa shape index (κ1) is 20.2. The largest absolute Gasteiger partial charge is 0.369 e. The standard InChI is InChI=1S/C20H33N5O/c1-3-4-10-23-20(22-2)24-13-16-7-5-8-17(12-16)14-25-11-6-9-18(15-25)19(21)26/h5,7-8,12,18H,3-4,6,9-11,13-15H2,1-2H3,(H2,21,26)(H2,22,23,24). The minimum atomic E-state index is -0.172. The Kier molecular flexibility index (Phi) is 8.41. The first-order chi connectivity index (χ1) is 12.6. The molecule has 6 nitrogen and oxygen atoms in total. The van der Waals surface area contributed by atoms with Gasteiger partial charge < -0.3 is 16.4 Å². The third-order valence-electron chi connectivity index (χ3n) is 4.81. The van der Waals surface area contributed by atoms with Crippen LogP contribution in [0.2, 0.25) is 0 Å². The molecular weight excluding hydrogens is 326 g/mol. The predicted octanol–water partition coefficient (Wildman–Crippen LogP) is 1.85. The second kappa shape index (κ2) is 10.8. The number of rotatable bonds is 8. The van der Waals surface area contributed by atoms with Crippen LogP contribution in [0.4, 0.5) is 0 Å². The molecule has 1 aliphatic heterocycles. The van der Waals surface area contributed by atoms with Crippen molar-refractivity contribution in [2.75, 3.05) is 26.7 Å². The smallest absolute Gasteiger partial charge is 0.221 e. The summed E-state index contributed by atoms with van der Waals surface area (Å²) in [5, 5.41) is 6.68. The van der Waals surface area contributed by atoms with E-state index in [1.807, 2.05) is 0 Å². The Hall–Kier alpha value is -2.08. The molecule has 0 bridgehead atoms. The van der Waals surface area contributed by atoms with Crippen molar-refractivity contribution in [3.63, 3.8) is 0 Å². The summed E-state index contributed by atoms with van der Waals surface area (Å²) in [5.74, 6) is 0.657. The zero-order valence-corrected chi connectivity index (χ0v) is 16.1. The van der Waals surface area contributed by atoms with Gasteiger partial charge in [0.25, 0.3) is 0 Å². The number of carbonyl (C=O) groups is 1. The molecular formula is C20H33N5O. The lowest BCUT2D eigenvalue weighted by atomic mass is 9.97. The number of nitrogens with two attached hydrogens (primary N) is 1. The number of nitrogens with one attached hydrogen (secondary N) is 2. The predicted molar refractivity (Wildman–Crippen MR) is 107 cm³/mol. The molecule has 1 heterocycles. The topological polar surface area (TPSA) is 82.8 Å². The van der Waals surface area contributed by atoms with Gasteiger partial charge in [-0.25, -0.2) is 0 Å². The monoisotopic (exact) mass is 359 g/mol. The molecule has 0 aliphatic carbocycles. The second-order valence-electron chi connectivity index (χ2n) is 7.00. The molecule has 1 aromatic carbocycles. The Morgan fingerprint density at radius 3 is 2.88 bits per heavy atom. The van der Waals surface area contributed by atoms with E-state index in [4.69, 9.17) is 5.73 Å². The zero-order valence-electron chi connectivity index (χ0n) is 16.1. The van der Waals surface area contributed by atoms with Gasteiger partial charge in [-0.2, -0.15) is 0 Å². The minimum absolute atomic E-state index is 0.00822. The van der Waals surface area contributed by atoms with Crippen molar-refractivity contribution in [2.24, 2.45) is 16.6 Å². The van der Waals surface area contributed by atoms with Crippen molar-refractivity contribution in [2.45, 2.75) is 45.7 Å². The van der Waals surface area contributed by atoms with Crippen LogP contribution in [-0.2, 0) is 17.9 Å². The van der Waals surface area contributed by atoms with Crippen LogP contribution in [-0.4, -0.2) is 43.4 Å². The van der Waals surface area contributed by atoms with E-state index < -0.39 is 0 Å². The summed E-state index contributed by atoms with van der Waals surface area (Å²) in [6.45, 7) is 6.51. The van der Waals surface area contributed by atoms with E-state index in [0.717, 1.165) is 57.9 Å². The van der Waals surface area contributed by atoms with Crippen molar-refractivity contribution in [3.05, 3.63) is 35.4 Å². The maximum absolute atomic E-state index is 11.4. The lowest BCUT2D eigenvalue weighted by Gasteiger charge is -2.31. The molecule has 4 N–H and O–H groups in total. The minimum Gasteiger partial charge on any atom is -0.369 e. The van der Waals surface area contributed by atoms with Gasteiger partial charge in [0.1, 0.15) is 0 Å². The van der Waals surface area contributed by atoms with Gasteiger partial charge in [0.2, 0.25) is 5.91 Å². The van der Waals surface area contributed by atoms with Crippen LogP contribution in [0.15, 0.2) is 29.3 Å². The molecule has 1 amide bonds. The Morgan fingerprint density at radius 1 is 1.35 bits per heavy atom. The lowest BCUT2D eigenvalue weighted by Crippen LogP contribution is -2.40. The molecule has 26 heavy (non-hydrogen) atoms. The highest BCUT2D eigenvalue weighted by Gasteiger charge is 2.23. The average molecular weight is 360 g/mol. The normalized spacial score (nSPS) is 18.5. The van der Waals surface area contributed by atoms with Crippen molar-refractivity contribution < 1.29 is 4.79 Å². The Labute approximate surface area is 157 Å². The fourth-order valence-corrected chi connectivity index (χ4v) is 3.32. The summed E-state index contributed by atoms with van der Waals surface area (Å²) < 4.78 is 0. The van der Waals surface area contributed by atoms with Crippen molar-refractivity contribution in [1.82, 2.24) is 15.5 Å². The molecule has 2 rings (SSSR count). The molecule has 1 fully saturated rings. The summed E-state index contributed by atoms with van der Waals surface area (Å²) in [6, 6.07) is 8.58. The molecule has 1 saturated heterocycles. The van der Waals surface area contributed by atoms with E-state index in [9.17, 15) is 4.79 Å². The SMILES string of the molecule is CCCCNC(=NC)NCc1cccc(CN2CCCC(C(N)=O)C2)c1. The molecule has 144 valence electrons. The quantitative estimate of drug-likeness (QED) is 0.376. The molecule has 0 aromatic heterocycles. The number of amides is 1. The highest BCUT2D eigenvalue weighted by Crippen LogP contribution is 2.18. The van der Waals surface area contributed by atoms with Gasteiger partial charge in [-0.1, -0.05) is 37.6 Å². The van der Waals surface area contributed by atoms with Crippen molar-refractivity contribution >= 4 is 11.9 Å². The van der Waals surface area contributed by atoms with E-state index in [1.54, 1.807) is 7.05 Å². The number of hydrogen-bond acceptors (Lipinski definition) is 3. The van der Waals surface area contributed by atoms with Crippen LogP contribution in [0, 0.1) is 5.92 Å². The van der Waals surface area contributed by atoms with Gasteiger partial charge in [0.05, 0.1) is 5.92 Å². The van der Waals surface area contributed by atoms with E-state index in [0.29, 0.717) is 0 Å². The van der Waals surface area contributed by atoms with Gasteiger partial charge in [-0.15, -0.1) is 0 Å². The van der Waals surface area contributed by atoms with E-state index in [1.165, 1.54) is 17.5 Å². The third kappa shape index (κ3) is 6.67. The highest BCUT2D eigenvalue weighted by atomic mass is 16.1. The molecule has 0 radical (unpaired) electrons. The van der Waals surface area contributed by atoms with Crippen LogP contribution < -0.4 is 16.4 Å². The van der Waals surface area contributed by atoms with Crippen LogP contribution >= 0.6 is 0 Å². The summed E-state index contributed by atoms with van der Waals surface area (Å²) >= 11 is 0. The summed E-state index contributed by atoms with van der Waals surface area (Å²) in [6.07, 6.45) is 4.26. The molecule has 1 atom stereocenters. The summed E-state index contributed by atoms with van der Waals surface area (Å²) in [7, 11) is 1.79. The van der Waals surface area contributed by atoms with Crippen molar-refractivity contribution in [3.8, 4) is 0 Å². The fourth-order valence-electron chi connectivity index (χ4n) is 3.32. The number of hydrogen-bond donors (Lipinski definition) is 3. The average Bonchev–Trinajstić information content (AvgIpc) is 2.65. The first-order valence-corrected chi connectivity index (χ1v) is 9.66. The van der Waals surface area contributed by atoms with Crippen LogP contribution in [0.5, 0.6) is 0 Å². The number of benzene rings is 1. The first-order valence-electron chi connectivity index (χ1n) is 9.66. The van der Waals surface area contributed by atoms with E-state index >= 15 is 0 Å². The summed E-state index contributed by atoms with van der Waals surface area (Å²) in [5.41, 5.74) is 7.97. The number of primary amides is 1. The Morgan fingerprint density at radius 2 is 2.15 bits per heavy atom. The molecule has 0 saturated carbocycles. The number of aliphatic imine (C=N–C) groups is 1. The van der Waals surface area contributed by atoms with E-state index in [-0.39, 0.29) is 11.8 Å². The third-order valence-corrected chi connectivity index (χ3v) is 4.81. The van der Waals surface area contributed by atoms with E-state index in [2.05, 4.69) is 51.7 Å². The zero-order chi connectivity index (χ0) is 18.8. The molecule has 0 spiro atoms. The fraction of sp³-hybridized carbons (Fsp3) is 0.600. The van der Waals surface area contributed by atoms with Gasteiger partial charge in [-0.05, 0) is 36.9 Å². The maximum Gasteiger partial charge on any atom is 0.221 e. The number of carbonyl (C=O) groups excluding carboxylic acids is 1. The molecule has 1 aliphatic rings. The van der Waals surface area contributed by atoms with Gasteiger partial charge in [0.15, 0.2) is 5.96 Å². The number of nitrogens with zero attached hydrogens (tertiary/aromatic N) is 2.